The quantitative estimate of drug-likeness (QED) is 0.690. The number of ether oxygens (including phenoxy) is 1. The van der Waals surface area contributed by atoms with E-state index in [-0.39, 0.29) is 12.6 Å². The second-order valence-corrected chi connectivity index (χ2v) is 7.01. The zero-order valence-electron chi connectivity index (χ0n) is 14.3. The molecule has 0 aliphatic heterocycles. The van der Waals surface area contributed by atoms with Gasteiger partial charge >= 0.3 is 6.03 Å². The van der Waals surface area contributed by atoms with Gasteiger partial charge in [-0.2, -0.15) is 0 Å². The molecule has 0 heterocycles. The van der Waals surface area contributed by atoms with Gasteiger partial charge in [-0.3, -0.25) is 0 Å². The fraction of sp³-hybridized carbons (Fsp3) is 0.611. The lowest BCUT2D eigenvalue weighted by Gasteiger charge is -2.28. The molecule has 0 saturated heterocycles. The third kappa shape index (κ3) is 5.43. The lowest BCUT2D eigenvalue weighted by atomic mass is 9.97. The van der Waals surface area contributed by atoms with Gasteiger partial charge in [0.05, 0.1) is 18.8 Å². The lowest BCUT2D eigenvalue weighted by molar-refractivity contribution is 0.155. The molecule has 1 aliphatic rings. The predicted molar refractivity (Wildman–Crippen MR) is 90.4 cm³/mol. The zero-order chi connectivity index (χ0) is 16.9. The number of hydrogen-bond donors (Lipinski definition) is 3. The standard InChI is InChI=1S/C18H28N2O3/c1-13(2)11-23-16-8-4-14(5-9-16)10-19-17(22)20-18(3,12-21)15-6-7-15/h4-5,8-9,13,15,21H,6-7,10-12H2,1-3H3,(H2,19,20,22). The molecule has 2 rings (SSSR count). The Bertz CT molecular complexity index is 512. The van der Waals surface area contributed by atoms with E-state index >= 15 is 0 Å². The normalized spacial score (nSPS) is 16.7. The first kappa shape index (κ1) is 17.6. The molecule has 1 fully saturated rings. The van der Waals surface area contributed by atoms with Crippen molar-refractivity contribution in [1.82, 2.24) is 10.6 Å². The highest BCUT2D eigenvalue weighted by Gasteiger charge is 2.42. The van der Waals surface area contributed by atoms with Gasteiger partial charge in [0.15, 0.2) is 0 Å². The zero-order valence-corrected chi connectivity index (χ0v) is 14.3. The Hall–Kier alpha value is -1.75. The molecule has 1 saturated carbocycles. The summed E-state index contributed by atoms with van der Waals surface area (Å²) in [6, 6.07) is 7.48. The van der Waals surface area contributed by atoms with Crippen LogP contribution in [0.2, 0.25) is 0 Å². The van der Waals surface area contributed by atoms with Gasteiger partial charge in [-0.1, -0.05) is 26.0 Å². The van der Waals surface area contributed by atoms with E-state index < -0.39 is 5.54 Å². The number of rotatable bonds is 8. The number of carbonyl (C=O) groups excluding carboxylic acids is 1. The molecule has 3 N–H and O–H groups in total. The Morgan fingerprint density at radius 3 is 2.52 bits per heavy atom. The van der Waals surface area contributed by atoms with E-state index in [1.54, 1.807) is 0 Å². The van der Waals surface area contributed by atoms with E-state index in [2.05, 4.69) is 24.5 Å². The highest BCUT2D eigenvalue weighted by atomic mass is 16.5. The van der Waals surface area contributed by atoms with E-state index in [0.717, 1.165) is 24.2 Å². The van der Waals surface area contributed by atoms with Gasteiger partial charge in [-0.15, -0.1) is 0 Å². The van der Waals surface area contributed by atoms with Crippen molar-refractivity contribution in [2.24, 2.45) is 11.8 Å². The summed E-state index contributed by atoms with van der Waals surface area (Å²) in [7, 11) is 0. The largest absolute Gasteiger partial charge is 0.493 e. The average molecular weight is 320 g/mol. The smallest absolute Gasteiger partial charge is 0.315 e. The second-order valence-electron chi connectivity index (χ2n) is 7.01. The minimum Gasteiger partial charge on any atom is -0.493 e. The van der Waals surface area contributed by atoms with Crippen molar-refractivity contribution in [3.8, 4) is 5.75 Å². The molecule has 5 nitrogen and oxygen atoms in total. The molecule has 0 aromatic heterocycles. The number of hydrogen-bond acceptors (Lipinski definition) is 3. The minimum atomic E-state index is -0.515. The van der Waals surface area contributed by atoms with Gasteiger partial charge < -0.3 is 20.5 Å². The third-order valence-electron chi connectivity index (χ3n) is 4.17. The fourth-order valence-electron chi connectivity index (χ4n) is 2.44. The van der Waals surface area contributed by atoms with Crippen LogP contribution in [-0.2, 0) is 6.54 Å². The van der Waals surface area contributed by atoms with E-state index in [1.807, 2.05) is 31.2 Å². The second kappa shape index (κ2) is 7.68. The summed E-state index contributed by atoms with van der Waals surface area (Å²) in [4.78, 5) is 12.0. The van der Waals surface area contributed by atoms with Crippen LogP contribution in [0, 0.1) is 11.8 Å². The molecule has 0 bridgehead atoms. The topological polar surface area (TPSA) is 70.6 Å². The molecule has 1 aromatic carbocycles. The Labute approximate surface area is 138 Å². The summed E-state index contributed by atoms with van der Waals surface area (Å²) in [6.45, 7) is 7.22. The number of aliphatic hydroxyl groups excluding tert-OH is 1. The van der Waals surface area contributed by atoms with Crippen LogP contribution in [-0.4, -0.2) is 29.9 Å². The summed E-state index contributed by atoms with van der Waals surface area (Å²) in [5, 5.41) is 15.2. The first-order valence-electron chi connectivity index (χ1n) is 8.31. The van der Waals surface area contributed by atoms with Crippen molar-refractivity contribution in [2.45, 2.75) is 45.7 Å². The number of aliphatic hydroxyl groups is 1. The molecule has 1 aliphatic carbocycles. The van der Waals surface area contributed by atoms with Gasteiger partial charge in [0.1, 0.15) is 5.75 Å². The molecule has 1 aromatic rings. The summed E-state index contributed by atoms with van der Waals surface area (Å²) in [6.07, 6.45) is 2.13. The molecule has 1 atom stereocenters. The van der Waals surface area contributed by atoms with Crippen LogP contribution >= 0.6 is 0 Å². The van der Waals surface area contributed by atoms with E-state index in [4.69, 9.17) is 4.74 Å². The van der Waals surface area contributed by atoms with Crippen LogP contribution in [0.3, 0.4) is 0 Å². The monoisotopic (exact) mass is 320 g/mol. The van der Waals surface area contributed by atoms with E-state index in [9.17, 15) is 9.90 Å². The van der Waals surface area contributed by atoms with Crippen LogP contribution in [0.5, 0.6) is 5.75 Å². The van der Waals surface area contributed by atoms with Crippen LogP contribution in [0.25, 0.3) is 0 Å². The maximum atomic E-state index is 12.0. The number of benzene rings is 1. The first-order valence-corrected chi connectivity index (χ1v) is 8.31. The lowest BCUT2D eigenvalue weighted by Crippen LogP contribution is -2.53. The SMILES string of the molecule is CC(C)COc1ccc(CNC(=O)NC(C)(CO)C2CC2)cc1. The van der Waals surface area contributed by atoms with Crippen LogP contribution in [0.15, 0.2) is 24.3 Å². The van der Waals surface area contributed by atoms with E-state index in [0.29, 0.717) is 25.0 Å². The molecule has 128 valence electrons. The van der Waals surface area contributed by atoms with Crippen LogP contribution in [0.4, 0.5) is 4.79 Å². The highest BCUT2D eigenvalue weighted by Crippen LogP contribution is 2.39. The van der Waals surface area contributed by atoms with Gasteiger partial charge in [0.2, 0.25) is 0 Å². The maximum Gasteiger partial charge on any atom is 0.315 e. The molecule has 23 heavy (non-hydrogen) atoms. The highest BCUT2D eigenvalue weighted by molar-refractivity contribution is 5.74. The van der Waals surface area contributed by atoms with Crippen molar-refractivity contribution < 1.29 is 14.6 Å². The maximum absolute atomic E-state index is 12.0. The van der Waals surface area contributed by atoms with E-state index in [1.165, 1.54) is 0 Å². The fourth-order valence-corrected chi connectivity index (χ4v) is 2.44. The Morgan fingerprint density at radius 2 is 2.00 bits per heavy atom. The predicted octanol–water partition coefficient (Wildman–Crippen LogP) is 2.68. The molecular weight excluding hydrogens is 292 g/mol. The Kier molecular flexibility index (Phi) is 5.88. The number of carbonyl (C=O) groups is 1. The summed E-state index contributed by atoms with van der Waals surface area (Å²) in [5.74, 6) is 1.72. The van der Waals surface area contributed by atoms with Crippen molar-refractivity contribution in [3.63, 3.8) is 0 Å². The minimum absolute atomic E-state index is 0.0347. The van der Waals surface area contributed by atoms with Crippen molar-refractivity contribution in [2.75, 3.05) is 13.2 Å². The number of nitrogens with one attached hydrogen (secondary N) is 2. The van der Waals surface area contributed by atoms with Crippen LogP contribution < -0.4 is 15.4 Å². The van der Waals surface area contributed by atoms with Gasteiger partial charge in [0.25, 0.3) is 0 Å². The average Bonchev–Trinajstić information content (AvgIpc) is 3.37. The summed E-state index contributed by atoms with van der Waals surface area (Å²) in [5.41, 5.74) is 0.493. The summed E-state index contributed by atoms with van der Waals surface area (Å²) < 4.78 is 5.63. The molecule has 1 unspecified atom stereocenters. The Balaban J connectivity index is 1.77. The molecule has 0 radical (unpaired) electrons. The molecular formula is C18H28N2O3. The molecule has 2 amide bonds. The van der Waals surface area contributed by atoms with Gasteiger partial charge in [-0.25, -0.2) is 4.79 Å². The van der Waals surface area contributed by atoms with Gasteiger partial charge in [-0.05, 0) is 49.3 Å². The van der Waals surface area contributed by atoms with Crippen molar-refractivity contribution >= 4 is 6.03 Å². The first-order chi connectivity index (χ1) is 10.9. The van der Waals surface area contributed by atoms with Crippen molar-refractivity contribution in [3.05, 3.63) is 29.8 Å². The molecule has 5 heteroatoms. The number of amides is 2. The van der Waals surface area contributed by atoms with Gasteiger partial charge in [0, 0.05) is 6.54 Å². The van der Waals surface area contributed by atoms with Crippen LogP contribution in [0.1, 0.15) is 39.2 Å². The summed E-state index contributed by atoms with van der Waals surface area (Å²) >= 11 is 0. The third-order valence-corrected chi connectivity index (χ3v) is 4.17. The number of urea groups is 1. The Morgan fingerprint density at radius 1 is 1.35 bits per heavy atom. The van der Waals surface area contributed by atoms with Crippen molar-refractivity contribution in [1.29, 1.82) is 0 Å². The molecule has 0 spiro atoms.